The molecule has 2 aromatic rings. The number of hydrogen-bond acceptors (Lipinski definition) is 7. The van der Waals surface area contributed by atoms with E-state index < -0.39 is 36.1 Å². The third kappa shape index (κ3) is 6.37. The number of β-amino-alcohol motifs (C(OH)–C–C–N with tert-alkyl or cyclic N) is 1. The summed E-state index contributed by atoms with van der Waals surface area (Å²) in [5, 5.41) is 13.4. The SMILES string of the molecule is [2H]C([2H])(C(N)=O)N1CC[C@@H](CNc2ncnc(N(Cc3ccc(C(F)(F)F)cc3)C3CC3)c2F)[C@H](O)C1. The van der Waals surface area contributed by atoms with Gasteiger partial charge in [-0.3, -0.25) is 9.69 Å². The molecule has 0 radical (unpaired) electrons. The van der Waals surface area contributed by atoms with Gasteiger partial charge in [-0.2, -0.15) is 17.6 Å². The molecular weight excluding hydrogens is 468 g/mol. The van der Waals surface area contributed by atoms with Crippen LogP contribution in [0.4, 0.5) is 29.2 Å². The number of anilines is 2. The van der Waals surface area contributed by atoms with Crippen LogP contribution in [0, 0.1) is 11.7 Å². The van der Waals surface area contributed by atoms with E-state index in [4.69, 9.17) is 8.48 Å². The Bertz CT molecular complexity index is 1120. The molecule has 0 spiro atoms. The zero-order valence-corrected chi connectivity index (χ0v) is 18.8. The highest BCUT2D eigenvalue weighted by atomic mass is 19.4. The number of aliphatic hydroxyl groups excluding tert-OH is 1. The zero-order valence-electron chi connectivity index (χ0n) is 20.8. The van der Waals surface area contributed by atoms with Crippen LogP contribution in [-0.2, 0) is 17.5 Å². The Labute approximate surface area is 202 Å². The van der Waals surface area contributed by atoms with Crippen molar-refractivity contribution >= 4 is 17.5 Å². The number of nitrogens with two attached hydrogens (primary N) is 1. The maximum absolute atomic E-state index is 15.4. The minimum Gasteiger partial charge on any atom is -0.391 e. The van der Waals surface area contributed by atoms with Gasteiger partial charge in [-0.1, -0.05) is 12.1 Å². The number of halogens is 4. The van der Waals surface area contributed by atoms with Gasteiger partial charge in [0.25, 0.3) is 0 Å². The number of benzene rings is 1. The molecule has 1 amide bonds. The number of alkyl halides is 3. The van der Waals surface area contributed by atoms with Crippen LogP contribution >= 0.6 is 0 Å². The number of likely N-dealkylation sites (tertiary alicyclic amines) is 1. The molecule has 4 N–H and O–H groups in total. The first-order chi connectivity index (χ1) is 17.4. The molecule has 0 unspecified atom stereocenters. The summed E-state index contributed by atoms with van der Waals surface area (Å²) in [6, 6.07) is 4.73. The summed E-state index contributed by atoms with van der Waals surface area (Å²) in [4.78, 5) is 22.3. The highest BCUT2D eigenvalue weighted by molar-refractivity contribution is 5.75. The van der Waals surface area contributed by atoms with E-state index in [9.17, 15) is 23.1 Å². The van der Waals surface area contributed by atoms with Gasteiger partial charge in [0.15, 0.2) is 11.6 Å². The molecule has 2 atom stereocenters. The van der Waals surface area contributed by atoms with Gasteiger partial charge in [0.05, 0.1) is 20.9 Å². The fourth-order valence-electron chi connectivity index (χ4n) is 4.15. The van der Waals surface area contributed by atoms with E-state index in [-0.39, 0.29) is 49.8 Å². The first-order valence-electron chi connectivity index (χ1n) is 12.3. The summed E-state index contributed by atoms with van der Waals surface area (Å²) in [5.41, 5.74) is 4.94. The number of amides is 1. The van der Waals surface area contributed by atoms with E-state index in [2.05, 4.69) is 15.3 Å². The average Bonchev–Trinajstić information content (AvgIpc) is 3.68. The van der Waals surface area contributed by atoms with E-state index in [1.165, 1.54) is 23.4 Å². The van der Waals surface area contributed by atoms with E-state index in [0.29, 0.717) is 12.0 Å². The van der Waals surface area contributed by atoms with Crippen LogP contribution in [-0.4, -0.2) is 64.2 Å². The lowest BCUT2D eigenvalue weighted by molar-refractivity contribution is -0.137. The number of hydrogen-bond donors (Lipinski definition) is 3. The summed E-state index contributed by atoms with van der Waals surface area (Å²) in [7, 11) is 0. The predicted molar refractivity (Wildman–Crippen MR) is 121 cm³/mol. The van der Waals surface area contributed by atoms with Crippen molar-refractivity contribution in [1.29, 1.82) is 0 Å². The Morgan fingerprint density at radius 3 is 2.57 bits per heavy atom. The van der Waals surface area contributed by atoms with Gasteiger partial charge >= 0.3 is 6.18 Å². The van der Waals surface area contributed by atoms with Crippen LogP contribution in [0.15, 0.2) is 30.6 Å². The van der Waals surface area contributed by atoms with Gasteiger partial charge in [0.2, 0.25) is 11.7 Å². The number of carbonyl (C=O) groups is 1. The molecule has 1 aliphatic carbocycles. The number of piperidine rings is 1. The molecule has 2 fully saturated rings. The van der Waals surface area contributed by atoms with Gasteiger partial charge in [-0.15, -0.1) is 0 Å². The second-order valence-electron chi connectivity index (χ2n) is 8.83. The highest BCUT2D eigenvalue weighted by Gasteiger charge is 2.34. The monoisotopic (exact) mass is 498 g/mol. The van der Waals surface area contributed by atoms with Crippen molar-refractivity contribution < 1.29 is 30.2 Å². The minimum atomic E-state index is -4.44. The van der Waals surface area contributed by atoms with Crippen molar-refractivity contribution in [3.8, 4) is 0 Å². The number of carbonyl (C=O) groups excluding carboxylic acids is 1. The van der Waals surface area contributed by atoms with E-state index in [1.54, 1.807) is 4.90 Å². The van der Waals surface area contributed by atoms with Crippen molar-refractivity contribution in [2.24, 2.45) is 11.7 Å². The van der Waals surface area contributed by atoms with Gasteiger partial charge in [0, 0.05) is 31.6 Å². The smallest absolute Gasteiger partial charge is 0.391 e. The molecule has 2 aliphatic rings. The minimum absolute atomic E-state index is 0.00552. The Balaban J connectivity index is 1.43. The second-order valence-corrected chi connectivity index (χ2v) is 8.83. The van der Waals surface area contributed by atoms with Crippen molar-refractivity contribution in [2.45, 2.75) is 44.1 Å². The van der Waals surface area contributed by atoms with Crippen molar-refractivity contribution in [3.05, 3.63) is 47.5 Å². The molecule has 1 saturated carbocycles. The summed E-state index contributed by atoms with van der Waals surface area (Å²) in [5.74, 6) is -2.25. The van der Waals surface area contributed by atoms with Crippen LogP contribution < -0.4 is 16.0 Å². The lowest BCUT2D eigenvalue weighted by atomic mass is 9.93. The van der Waals surface area contributed by atoms with Gasteiger partial charge in [-0.05, 0) is 43.5 Å². The maximum atomic E-state index is 15.4. The number of primary amides is 1. The molecule has 12 heteroatoms. The number of nitrogens with zero attached hydrogens (tertiary/aromatic N) is 4. The molecule has 0 bridgehead atoms. The fourth-order valence-corrected chi connectivity index (χ4v) is 4.15. The van der Waals surface area contributed by atoms with Crippen LogP contribution in [0.5, 0.6) is 0 Å². The number of rotatable bonds is 9. The summed E-state index contributed by atoms with van der Waals surface area (Å²) >= 11 is 0. The predicted octanol–water partition coefficient (Wildman–Crippen LogP) is 2.38. The van der Waals surface area contributed by atoms with Crippen LogP contribution in [0.1, 0.15) is 33.1 Å². The molecule has 8 nitrogen and oxygen atoms in total. The lowest BCUT2D eigenvalue weighted by Crippen LogP contribution is -2.48. The van der Waals surface area contributed by atoms with Crippen molar-refractivity contribution in [2.75, 3.05) is 36.3 Å². The van der Waals surface area contributed by atoms with Gasteiger partial charge < -0.3 is 21.1 Å². The number of nitrogens with one attached hydrogen (secondary N) is 1. The molecular formula is C23H28F4N6O2. The molecule has 1 saturated heterocycles. The molecule has 35 heavy (non-hydrogen) atoms. The highest BCUT2D eigenvalue weighted by Crippen LogP contribution is 2.35. The summed E-state index contributed by atoms with van der Waals surface area (Å²) in [6.45, 7) is -1.99. The molecule has 1 aliphatic heterocycles. The first kappa shape index (κ1) is 22.5. The van der Waals surface area contributed by atoms with E-state index in [1.807, 2.05) is 0 Å². The third-order valence-electron chi connectivity index (χ3n) is 6.19. The second kappa shape index (κ2) is 10.3. The Morgan fingerprint density at radius 1 is 1.26 bits per heavy atom. The zero-order chi connectivity index (χ0) is 27.0. The quantitative estimate of drug-likeness (QED) is 0.456. The topological polar surface area (TPSA) is 108 Å². The average molecular weight is 499 g/mol. The first-order valence-corrected chi connectivity index (χ1v) is 11.3. The summed E-state index contributed by atoms with van der Waals surface area (Å²) in [6.07, 6.45) is -2.28. The van der Waals surface area contributed by atoms with Crippen LogP contribution in [0.3, 0.4) is 0 Å². The number of aromatic nitrogens is 2. The maximum Gasteiger partial charge on any atom is 0.416 e. The molecule has 190 valence electrons. The lowest BCUT2D eigenvalue weighted by Gasteiger charge is -2.35. The largest absolute Gasteiger partial charge is 0.416 e. The molecule has 2 heterocycles. The Kier molecular flexibility index (Phi) is 6.63. The number of aliphatic hydroxyl groups is 1. The summed E-state index contributed by atoms with van der Waals surface area (Å²) < 4.78 is 69.7. The molecule has 1 aromatic carbocycles. The van der Waals surface area contributed by atoms with Gasteiger partial charge in [-0.25, -0.2) is 9.97 Å². The third-order valence-corrected chi connectivity index (χ3v) is 6.19. The standard InChI is InChI=1S/C23H28F4N6O2/c24-20-21(29-9-15-7-8-32(11-18(15)34)12-19(28)35)30-13-31-22(20)33(17-5-6-17)10-14-1-3-16(4-2-14)23(25,26)27/h1-4,13,15,17-18,34H,5-12H2,(H2,28,35)(H,29,30,31)/t15-,18+/m0/s1/i12D2. The Morgan fingerprint density at radius 2 is 1.97 bits per heavy atom. The Hall–Kier alpha value is -2.99. The van der Waals surface area contributed by atoms with Crippen molar-refractivity contribution in [1.82, 2.24) is 14.9 Å². The van der Waals surface area contributed by atoms with Crippen LogP contribution in [0.25, 0.3) is 0 Å². The molecule has 4 rings (SSSR count). The van der Waals surface area contributed by atoms with Gasteiger partial charge in [0.1, 0.15) is 6.33 Å². The fraction of sp³-hybridized carbons (Fsp3) is 0.522. The molecule has 1 aromatic heterocycles. The normalized spacial score (nSPS) is 22.3. The van der Waals surface area contributed by atoms with E-state index >= 15 is 4.39 Å². The van der Waals surface area contributed by atoms with E-state index in [0.717, 1.165) is 25.0 Å². The van der Waals surface area contributed by atoms with Crippen LogP contribution in [0.2, 0.25) is 0 Å². The van der Waals surface area contributed by atoms with Crippen molar-refractivity contribution in [3.63, 3.8) is 0 Å².